The van der Waals surface area contributed by atoms with Crippen molar-refractivity contribution in [3.63, 3.8) is 0 Å². The Kier molecular flexibility index (Phi) is 4.17. The van der Waals surface area contributed by atoms with Crippen molar-refractivity contribution in [2.75, 3.05) is 0 Å². The van der Waals surface area contributed by atoms with E-state index < -0.39 is 0 Å². The van der Waals surface area contributed by atoms with E-state index in [9.17, 15) is 4.79 Å². The van der Waals surface area contributed by atoms with Crippen LogP contribution in [0.15, 0.2) is 11.1 Å². The van der Waals surface area contributed by atoms with Gasteiger partial charge in [0.2, 0.25) is 0 Å². The van der Waals surface area contributed by atoms with Crippen LogP contribution in [-0.4, -0.2) is 9.55 Å². The van der Waals surface area contributed by atoms with Gasteiger partial charge in [0, 0.05) is 11.4 Å². The second kappa shape index (κ2) is 5.65. The maximum atomic E-state index is 12.4. The van der Waals surface area contributed by atoms with Gasteiger partial charge in [0.25, 0.3) is 5.56 Å². The Morgan fingerprint density at radius 1 is 1.28 bits per heavy atom. The molecule has 0 aliphatic carbocycles. The summed E-state index contributed by atoms with van der Waals surface area (Å²) in [6.45, 7) is 7.04. The van der Waals surface area contributed by atoms with E-state index in [0.29, 0.717) is 0 Å². The van der Waals surface area contributed by atoms with Crippen LogP contribution in [-0.2, 0) is 6.54 Å². The van der Waals surface area contributed by atoms with Gasteiger partial charge in [-0.05, 0) is 25.8 Å². The maximum absolute atomic E-state index is 12.4. The molecule has 0 aliphatic heterocycles. The minimum Gasteiger partial charge on any atom is -0.299 e. The van der Waals surface area contributed by atoms with Crippen LogP contribution < -0.4 is 5.56 Å². The molecule has 0 bridgehead atoms. The molecule has 0 radical (unpaired) electrons. The van der Waals surface area contributed by atoms with E-state index in [0.717, 1.165) is 28.7 Å². The van der Waals surface area contributed by atoms with Crippen molar-refractivity contribution in [3.05, 3.63) is 27.1 Å². The molecule has 98 valence electrons. The molecule has 2 rings (SSSR count). The molecule has 2 aromatic heterocycles. The zero-order valence-corrected chi connectivity index (χ0v) is 12.1. The number of fused-ring (bicyclic) bond motifs is 1. The normalized spacial score (nSPS) is 11.3. The summed E-state index contributed by atoms with van der Waals surface area (Å²) in [6.07, 6.45) is 6.40. The summed E-state index contributed by atoms with van der Waals surface area (Å²) in [5.41, 5.74) is 1.22. The van der Waals surface area contributed by atoms with Crippen molar-refractivity contribution in [3.8, 4) is 0 Å². The van der Waals surface area contributed by atoms with Crippen molar-refractivity contribution in [2.45, 2.75) is 53.0 Å². The lowest BCUT2D eigenvalue weighted by atomic mass is 10.2. The highest BCUT2D eigenvalue weighted by Gasteiger charge is 2.11. The number of rotatable bonds is 5. The third-order valence-corrected chi connectivity index (χ3v) is 4.52. The first-order chi connectivity index (χ1) is 8.65. The zero-order valence-electron chi connectivity index (χ0n) is 11.3. The lowest BCUT2D eigenvalue weighted by Crippen LogP contribution is -2.20. The fourth-order valence-corrected chi connectivity index (χ4v) is 3.13. The largest absolute Gasteiger partial charge is 0.299 e. The molecule has 2 aromatic rings. The van der Waals surface area contributed by atoms with Crippen LogP contribution in [0.2, 0.25) is 0 Å². The smallest absolute Gasteiger partial charge is 0.262 e. The van der Waals surface area contributed by atoms with Gasteiger partial charge in [-0.15, -0.1) is 11.3 Å². The third kappa shape index (κ3) is 2.48. The predicted octanol–water partition coefficient (Wildman–Crippen LogP) is 3.66. The number of aromatic nitrogens is 2. The molecule has 0 fully saturated rings. The van der Waals surface area contributed by atoms with Gasteiger partial charge in [-0.3, -0.25) is 9.36 Å². The highest BCUT2D eigenvalue weighted by Crippen LogP contribution is 2.25. The molecule has 0 atom stereocenters. The molecule has 4 heteroatoms. The lowest BCUT2D eigenvalue weighted by Gasteiger charge is -2.04. The summed E-state index contributed by atoms with van der Waals surface area (Å²) in [5, 5.41) is 0.815. The Morgan fingerprint density at radius 2 is 2.06 bits per heavy atom. The molecule has 0 saturated carbocycles. The van der Waals surface area contributed by atoms with Gasteiger partial charge in [-0.25, -0.2) is 4.98 Å². The van der Waals surface area contributed by atoms with Gasteiger partial charge >= 0.3 is 0 Å². The van der Waals surface area contributed by atoms with Gasteiger partial charge < -0.3 is 0 Å². The van der Waals surface area contributed by atoms with E-state index in [1.807, 2.05) is 13.8 Å². The van der Waals surface area contributed by atoms with E-state index in [4.69, 9.17) is 0 Å². The Balaban J connectivity index is 2.27. The Morgan fingerprint density at radius 3 is 2.78 bits per heavy atom. The Hall–Kier alpha value is -1.16. The van der Waals surface area contributed by atoms with Crippen LogP contribution in [0, 0.1) is 13.8 Å². The van der Waals surface area contributed by atoms with Crippen molar-refractivity contribution in [1.29, 1.82) is 0 Å². The summed E-state index contributed by atoms with van der Waals surface area (Å²) < 4.78 is 1.76. The molecule has 18 heavy (non-hydrogen) atoms. The molecule has 0 N–H and O–H groups in total. The van der Waals surface area contributed by atoms with Gasteiger partial charge in [0.1, 0.15) is 4.83 Å². The monoisotopic (exact) mass is 264 g/mol. The zero-order chi connectivity index (χ0) is 13.1. The van der Waals surface area contributed by atoms with Crippen molar-refractivity contribution in [1.82, 2.24) is 9.55 Å². The summed E-state index contributed by atoms with van der Waals surface area (Å²) in [6, 6.07) is 0. The van der Waals surface area contributed by atoms with E-state index in [1.165, 1.54) is 24.1 Å². The SMILES string of the molecule is CCCCCCn1cnc2sc(C)c(C)c2c1=O. The molecule has 3 nitrogen and oxygen atoms in total. The van der Waals surface area contributed by atoms with E-state index in [-0.39, 0.29) is 5.56 Å². The fraction of sp³-hybridized carbons (Fsp3) is 0.571. The molecule has 0 saturated heterocycles. The average Bonchev–Trinajstić information content (AvgIpc) is 2.64. The number of nitrogens with zero attached hydrogens (tertiary/aromatic N) is 2. The molecular weight excluding hydrogens is 244 g/mol. The van der Waals surface area contributed by atoms with Crippen LogP contribution in [0.5, 0.6) is 0 Å². The number of hydrogen-bond donors (Lipinski definition) is 0. The first-order valence-electron chi connectivity index (χ1n) is 6.60. The van der Waals surface area contributed by atoms with E-state index in [1.54, 1.807) is 22.2 Å². The van der Waals surface area contributed by atoms with Crippen LogP contribution in [0.25, 0.3) is 10.2 Å². The van der Waals surface area contributed by atoms with Crippen LogP contribution in [0.4, 0.5) is 0 Å². The Labute approximate surface area is 111 Å². The third-order valence-electron chi connectivity index (χ3n) is 3.41. The topological polar surface area (TPSA) is 34.9 Å². The molecule has 0 unspecified atom stereocenters. The molecular formula is C14H20N2OS. The van der Waals surface area contributed by atoms with Gasteiger partial charge in [0.15, 0.2) is 0 Å². The van der Waals surface area contributed by atoms with Crippen molar-refractivity contribution >= 4 is 21.6 Å². The van der Waals surface area contributed by atoms with Gasteiger partial charge in [-0.2, -0.15) is 0 Å². The summed E-state index contributed by atoms with van der Waals surface area (Å²) in [5.74, 6) is 0. The van der Waals surface area contributed by atoms with Crippen LogP contribution in [0.3, 0.4) is 0 Å². The summed E-state index contributed by atoms with van der Waals surface area (Å²) >= 11 is 1.61. The number of unbranched alkanes of at least 4 members (excludes halogenated alkanes) is 3. The van der Waals surface area contributed by atoms with E-state index in [2.05, 4.69) is 11.9 Å². The van der Waals surface area contributed by atoms with Crippen LogP contribution in [0.1, 0.15) is 43.0 Å². The first-order valence-corrected chi connectivity index (χ1v) is 7.42. The first kappa shape index (κ1) is 13.3. The van der Waals surface area contributed by atoms with E-state index >= 15 is 0 Å². The quantitative estimate of drug-likeness (QED) is 0.773. The average molecular weight is 264 g/mol. The molecule has 0 spiro atoms. The van der Waals surface area contributed by atoms with Crippen LogP contribution >= 0.6 is 11.3 Å². The number of aryl methyl sites for hydroxylation is 3. The second-order valence-corrected chi connectivity index (χ2v) is 5.97. The lowest BCUT2D eigenvalue weighted by molar-refractivity contribution is 0.568. The highest BCUT2D eigenvalue weighted by atomic mass is 32.1. The predicted molar refractivity (Wildman–Crippen MR) is 77.5 cm³/mol. The molecule has 0 aliphatic rings. The standard InChI is InChI=1S/C14H20N2OS/c1-4-5-6-7-8-16-9-15-13-12(14(16)17)10(2)11(3)18-13/h9H,4-8H2,1-3H3. The number of hydrogen-bond acceptors (Lipinski definition) is 3. The number of thiophene rings is 1. The van der Waals surface area contributed by atoms with Crippen molar-refractivity contribution in [2.24, 2.45) is 0 Å². The second-order valence-electron chi connectivity index (χ2n) is 4.77. The maximum Gasteiger partial charge on any atom is 0.262 e. The summed E-state index contributed by atoms with van der Waals surface area (Å²) in [4.78, 5) is 18.8. The molecule has 0 amide bonds. The summed E-state index contributed by atoms with van der Waals surface area (Å²) in [7, 11) is 0. The minimum absolute atomic E-state index is 0.123. The van der Waals surface area contributed by atoms with Gasteiger partial charge in [0.05, 0.1) is 11.7 Å². The fourth-order valence-electron chi connectivity index (χ4n) is 2.14. The molecule has 0 aromatic carbocycles. The Bertz CT molecular complexity index is 598. The molecule has 2 heterocycles. The van der Waals surface area contributed by atoms with Crippen molar-refractivity contribution < 1.29 is 0 Å². The minimum atomic E-state index is 0.123. The van der Waals surface area contributed by atoms with Gasteiger partial charge in [-0.1, -0.05) is 26.2 Å². The highest BCUT2D eigenvalue weighted by molar-refractivity contribution is 7.18.